The number of halogens is 1. The Morgan fingerprint density at radius 1 is 1.22 bits per heavy atom. The van der Waals surface area contributed by atoms with E-state index in [-0.39, 0.29) is 4.21 Å². The molecular weight excluding hydrogens is 404 g/mol. The molecule has 0 unspecified atom stereocenters. The van der Waals surface area contributed by atoms with Gasteiger partial charge in [0.1, 0.15) is 4.21 Å². The number of hydrogen-bond acceptors (Lipinski definition) is 5. The van der Waals surface area contributed by atoms with Crippen molar-refractivity contribution >= 4 is 38.6 Å². The monoisotopic (exact) mass is 422 g/mol. The number of anilines is 1. The Morgan fingerprint density at radius 3 is 2.74 bits per heavy atom. The van der Waals surface area contributed by atoms with Crippen LogP contribution in [0.3, 0.4) is 0 Å². The number of benzene rings is 1. The fourth-order valence-electron chi connectivity index (χ4n) is 3.30. The molecular formula is C19H19ClN2O3S2. The van der Waals surface area contributed by atoms with Gasteiger partial charge in [0.05, 0.1) is 16.8 Å². The molecule has 0 spiro atoms. The van der Waals surface area contributed by atoms with Crippen molar-refractivity contribution in [3.8, 4) is 10.6 Å². The van der Waals surface area contributed by atoms with E-state index in [0.717, 1.165) is 29.2 Å². The molecule has 27 heavy (non-hydrogen) atoms. The van der Waals surface area contributed by atoms with E-state index in [1.807, 2.05) is 6.92 Å². The lowest BCUT2D eigenvalue weighted by molar-refractivity contribution is 0.458. The predicted molar refractivity (Wildman–Crippen MR) is 108 cm³/mol. The molecule has 0 radical (unpaired) electrons. The quantitative estimate of drug-likeness (QED) is 0.562. The average molecular weight is 423 g/mol. The highest BCUT2D eigenvalue weighted by atomic mass is 35.5. The lowest BCUT2D eigenvalue weighted by Gasteiger charge is -2.09. The lowest BCUT2D eigenvalue weighted by Crippen LogP contribution is -2.12. The van der Waals surface area contributed by atoms with Gasteiger partial charge in [0.15, 0.2) is 11.7 Å². The predicted octanol–water partition coefficient (Wildman–Crippen LogP) is 5.82. The minimum atomic E-state index is -3.68. The van der Waals surface area contributed by atoms with Crippen LogP contribution in [0.25, 0.3) is 10.6 Å². The van der Waals surface area contributed by atoms with Gasteiger partial charge in [0.2, 0.25) is 0 Å². The standard InChI is InChI=1S/C19H19ClN2O3S2/c1-12-10-14(20)6-7-15(12)22-27(23,24)18-9-8-17(26-18)16-11-21-19(25-16)13-4-2-3-5-13/h6-11,13,22H,2-5H2,1H3. The third-order valence-electron chi connectivity index (χ3n) is 4.75. The number of aryl methyl sites for hydroxylation is 1. The molecule has 0 atom stereocenters. The highest BCUT2D eigenvalue weighted by Crippen LogP contribution is 2.37. The minimum Gasteiger partial charge on any atom is -0.440 e. The Morgan fingerprint density at radius 2 is 2.00 bits per heavy atom. The molecule has 1 aromatic carbocycles. The highest BCUT2D eigenvalue weighted by molar-refractivity contribution is 7.94. The number of sulfonamides is 1. The van der Waals surface area contributed by atoms with Crippen LogP contribution in [0.15, 0.2) is 45.2 Å². The fraction of sp³-hybridized carbons (Fsp3) is 0.316. The molecule has 0 aliphatic heterocycles. The zero-order valence-electron chi connectivity index (χ0n) is 14.7. The normalized spacial score (nSPS) is 15.3. The summed E-state index contributed by atoms with van der Waals surface area (Å²) in [5.41, 5.74) is 1.27. The fourth-order valence-corrected chi connectivity index (χ4v) is 5.91. The topological polar surface area (TPSA) is 72.2 Å². The molecule has 1 N–H and O–H groups in total. The van der Waals surface area contributed by atoms with Crippen LogP contribution in [0, 0.1) is 6.92 Å². The number of thiophene rings is 1. The summed E-state index contributed by atoms with van der Waals surface area (Å²) in [6.45, 7) is 1.81. The number of rotatable bonds is 5. The second-order valence-corrected chi connectivity index (χ2v) is 10.2. The van der Waals surface area contributed by atoms with Gasteiger partial charge >= 0.3 is 0 Å². The van der Waals surface area contributed by atoms with Gasteiger partial charge in [0, 0.05) is 10.9 Å². The summed E-state index contributed by atoms with van der Waals surface area (Å²) in [6, 6.07) is 8.38. The Balaban J connectivity index is 1.56. The second-order valence-electron chi connectivity index (χ2n) is 6.73. The molecule has 5 nitrogen and oxygen atoms in total. The summed E-state index contributed by atoms with van der Waals surface area (Å²) in [5, 5.41) is 0.567. The average Bonchev–Trinajstić information content (AvgIpc) is 3.37. The van der Waals surface area contributed by atoms with E-state index in [0.29, 0.717) is 22.4 Å². The maximum Gasteiger partial charge on any atom is 0.271 e. The third-order valence-corrected chi connectivity index (χ3v) is 7.94. The van der Waals surface area contributed by atoms with Gasteiger partial charge in [-0.15, -0.1) is 11.3 Å². The van der Waals surface area contributed by atoms with Crippen molar-refractivity contribution in [3.63, 3.8) is 0 Å². The molecule has 2 aromatic heterocycles. The summed E-state index contributed by atoms with van der Waals surface area (Å²) < 4.78 is 34.2. The van der Waals surface area contributed by atoms with Gasteiger partial charge in [-0.05, 0) is 55.7 Å². The second kappa shape index (κ2) is 7.30. The molecule has 3 aromatic rings. The number of nitrogens with one attached hydrogen (secondary N) is 1. The molecule has 0 saturated heterocycles. The van der Waals surface area contributed by atoms with E-state index in [4.69, 9.17) is 16.0 Å². The van der Waals surface area contributed by atoms with E-state index in [1.165, 1.54) is 24.2 Å². The zero-order chi connectivity index (χ0) is 19.0. The third kappa shape index (κ3) is 3.90. The SMILES string of the molecule is Cc1cc(Cl)ccc1NS(=O)(=O)c1ccc(-c2cnc(C3CCCC3)o2)s1. The van der Waals surface area contributed by atoms with Crippen LogP contribution in [0.1, 0.15) is 43.1 Å². The molecule has 0 bridgehead atoms. The smallest absolute Gasteiger partial charge is 0.271 e. The maximum atomic E-state index is 12.7. The summed E-state index contributed by atoms with van der Waals surface area (Å²) >= 11 is 7.10. The zero-order valence-corrected chi connectivity index (χ0v) is 17.1. The molecule has 0 amide bonds. The van der Waals surface area contributed by atoms with Crippen molar-refractivity contribution in [2.75, 3.05) is 4.72 Å². The summed E-state index contributed by atoms with van der Waals surface area (Å²) in [7, 11) is -3.68. The first kappa shape index (κ1) is 18.5. The van der Waals surface area contributed by atoms with Crippen LogP contribution in [0.2, 0.25) is 5.02 Å². The largest absolute Gasteiger partial charge is 0.440 e. The van der Waals surface area contributed by atoms with Crippen LogP contribution in [0.4, 0.5) is 5.69 Å². The van der Waals surface area contributed by atoms with Gasteiger partial charge in [0.25, 0.3) is 10.0 Å². The lowest BCUT2D eigenvalue weighted by atomic mass is 10.1. The Labute approximate surface area is 167 Å². The first-order chi connectivity index (χ1) is 12.9. The Kier molecular flexibility index (Phi) is 5.01. The molecule has 1 aliphatic rings. The van der Waals surface area contributed by atoms with Gasteiger partial charge in [-0.25, -0.2) is 13.4 Å². The summed E-state index contributed by atoms with van der Waals surface area (Å²) in [5.74, 6) is 1.76. The molecule has 4 rings (SSSR count). The molecule has 8 heteroatoms. The van der Waals surface area contributed by atoms with Crippen molar-refractivity contribution in [3.05, 3.63) is 53.0 Å². The number of aromatic nitrogens is 1. The van der Waals surface area contributed by atoms with Crippen molar-refractivity contribution in [2.45, 2.75) is 42.7 Å². The number of hydrogen-bond donors (Lipinski definition) is 1. The Bertz CT molecular complexity index is 1070. The van der Waals surface area contributed by atoms with Gasteiger partial charge in [-0.1, -0.05) is 24.4 Å². The van der Waals surface area contributed by atoms with Crippen molar-refractivity contribution in [2.24, 2.45) is 0 Å². The van der Waals surface area contributed by atoms with Gasteiger partial charge < -0.3 is 4.42 Å². The van der Waals surface area contributed by atoms with Crippen LogP contribution in [-0.2, 0) is 10.0 Å². The van der Waals surface area contributed by atoms with E-state index < -0.39 is 10.0 Å². The molecule has 1 aliphatic carbocycles. The molecule has 1 saturated carbocycles. The molecule has 1 fully saturated rings. The van der Waals surface area contributed by atoms with Crippen LogP contribution >= 0.6 is 22.9 Å². The van der Waals surface area contributed by atoms with Crippen molar-refractivity contribution in [1.29, 1.82) is 0 Å². The molecule has 142 valence electrons. The summed E-state index contributed by atoms with van der Waals surface area (Å²) in [6.07, 6.45) is 6.31. The molecule has 2 heterocycles. The maximum absolute atomic E-state index is 12.7. The first-order valence-electron chi connectivity index (χ1n) is 8.77. The van der Waals surface area contributed by atoms with E-state index in [9.17, 15) is 8.42 Å². The number of oxazole rings is 1. The first-order valence-corrected chi connectivity index (χ1v) is 11.4. The Hall–Kier alpha value is -1.83. The minimum absolute atomic E-state index is 0.227. The highest BCUT2D eigenvalue weighted by Gasteiger charge is 2.23. The van der Waals surface area contributed by atoms with Crippen molar-refractivity contribution < 1.29 is 12.8 Å². The van der Waals surface area contributed by atoms with E-state index in [2.05, 4.69) is 9.71 Å². The van der Waals surface area contributed by atoms with Crippen LogP contribution in [-0.4, -0.2) is 13.4 Å². The van der Waals surface area contributed by atoms with Gasteiger partial charge in [-0.3, -0.25) is 4.72 Å². The van der Waals surface area contributed by atoms with Gasteiger partial charge in [-0.2, -0.15) is 0 Å². The van der Waals surface area contributed by atoms with Crippen LogP contribution in [0.5, 0.6) is 0 Å². The van der Waals surface area contributed by atoms with Crippen LogP contribution < -0.4 is 4.72 Å². The number of nitrogens with zero attached hydrogens (tertiary/aromatic N) is 1. The van der Waals surface area contributed by atoms with Crippen molar-refractivity contribution in [1.82, 2.24) is 4.98 Å². The summed E-state index contributed by atoms with van der Waals surface area (Å²) in [4.78, 5) is 5.15. The van der Waals surface area contributed by atoms with E-state index >= 15 is 0 Å². The van der Waals surface area contributed by atoms with E-state index in [1.54, 1.807) is 36.5 Å².